The maximum atomic E-state index is 13.3. The molecule has 166 valence electrons. The van der Waals surface area contributed by atoms with Gasteiger partial charge in [0, 0.05) is 10.4 Å². The fourth-order valence-corrected chi connectivity index (χ4v) is 3.72. The smallest absolute Gasteiger partial charge is 0.282 e. The Morgan fingerprint density at radius 3 is 2.78 bits per heavy atom. The second-order valence-corrected chi connectivity index (χ2v) is 8.38. The van der Waals surface area contributed by atoms with Crippen LogP contribution in [0.4, 0.5) is 0 Å². The van der Waals surface area contributed by atoms with Crippen molar-refractivity contribution in [3.63, 3.8) is 0 Å². The zero-order valence-corrected chi connectivity index (χ0v) is 20.4. The summed E-state index contributed by atoms with van der Waals surface area (Å²) in [6.45, 7) is 6.40. The van der Waals surface area contributed by atoms with Gasteiger partial charge in [-0.25, -0.2) is 4.98 Å². The monoisotopic (exact) mass is 515 g/mol. The van der Waals surface area contributed by atoms with E-state index in [0.29, 0.717) is 45.4 Å². The summed E-state index contributed by atoms with van der Waals surface area (Å²) < 4.78 is 13.3. The number of hydrogen-bond donors (Lipinski definition) is 0. The van der Waals surface area contributed by atoms with Crippen molar-refractivity contribution in [3.8, 4) is 23.8 Å². The third kappa shape index (κ3) is 5.14. The fourth-order valence-electron chi connectivity index (χ4n) is 3.08. The highest BCUT2D eigenvalue weighted by Crippen LogP contribution is 2.36. The van der Waals surface area contributed by atoms with Crippen molar-refractivity contribution in [1.29, 1.82) is 0 Å². The zero-order chi connectivity index (χ0) is 23.3. The van der Waals surface area contributed by atoms with Crippen molar-refractivity contribution in [3.05, 3.63) is 61.6 Å². The molecule has 0 aliphatic carbocycles. The lowest BCUT2D eigenvalue weighted by molar-refractivity contribution is 0.299. The molecule has 0 aliphatic rings. The second kappa shape index (κ2) is 10.7. The number of terminal acetylenes is 1. The molecule has 3 aromatic rings. The van der Waals surface area contributed by atoms with Crippen LogP contribution in [0.25, 0.3) is 10.9 Å². The average Bonchev–Trinajstić information content (AvgIpc) is 2.78. The first-order valence-electron chi connectivity index (χ1n) is 10.2. The molecule has 0 radical (unpaired) electrons. The van der Waals surface area contributed by atoms with Gasteiger partial charge in [0.25, 0.3) is 5.56 Å². The summed E-state index contributed by atoms with van der Waals surface area (Å²) in [5.41, 5.74) is 1.03. The number of aromatic nitrogens is 2. The van der Waals surface area contributed by atoms with E-state index < -0.39 is 0 Å². The van der Waals surface area contributed by atoms with Gasteiger partial charge in [-0.15, -0.1) is 6.42 Å². The van der Waals surface area contributed by atoms with Gasteiger partial charge in [-0.3, -0.25) is 4.79 Å². The van der Waals surface area contributed by atoms with Crippen LogP contribution in [0.2, 0.25) is 5.02 Å². The van der Waals surface area contributed by atoms with E-state index in [1.54, 1.807) is 24.4 Å². The Balaban J connectivity index is 2.12. The number of nitrogens with zero attached hydrogens (tertiary/aromatic N) is 3. The van der Waals surface area contributed by atoms with Crippen LogP contribution in [-0.4, -0.2) is 29.1 Å². The number of rotatable bonds is 8. The molecule has 0 N–H and O–H groups in total. The molecule has 32 heavy (non-hydrogen) atoms. The van der Waals surface area contributed by atoms with E-state index in [1.165, 1.54) is 4.68 Å². The average molecular weight is 517 g/mol. The Kier molecular flexibility index (Phi) is 7.94. The van der Waals surface area contributed by atoms with E-state index in [4.69, 9.17) is 32.5 Å². The van der Waals surface area contributed by atoms with E-state index in [-0.39, 0.29) is 18.1 Å². The quantitative estimate of drug-likeness (QED) is 0.288. The van der Waals surface area contributed by atoms with Gasteiger partial charge in [0.05, 0.1) is 28.7 Å². The zero-order valence-electron chi connectivity index (χ0n) is 18.1. The SMILES string of the molecule is C#CCOc1c(Cl)cc(C=Nn2c([C@@H](C)CC)nc3ccc(Br)cc3c2=O)cc1OCC. The van der Waals surface area contributed by atoms with Gasteiger partial charge in [0.15, 0.2) is 11.5 Å². The third-order valence-corrected chi connectivity index (χ3v) is 5.61. The normalized spacial score (nSPS) is 12.1. The molecule has 8 heteroatoms. The van der Waals surface area contributed by atoms with Crippen LogP contribution in [0, 0.1) is 12.3 Å². The molecule has 6 nitrogen and oxygen atoms in total. The van der Waals surface area contributed by atoms with Gasteiger partial charge in [-0.2, -0.15) is 9.78 Å². The van der Waals surface area contributed by atoms with Crippen molar-refractivity contribution in [2.75, 3.05) is 13.2 Å². The number of benzene rings is 2. The molecule has 0 fully saturated rings. The maximum Gasteiger partial charge on any atom is 0.282 e. The molecule has 1 heterocycles. The van der Waals surface area contributed by atoms with Crippen molar-refractivity contribution in [1.82, 2.24) is 9.66 Å². The molecule has 0 unspecified atom stereocenters. The first-order valence-corrected chi connectivity index (χ1v) is 11.4. The number of hydrogen-bond acceptors (Lipinski definition) is 5. The number of ether oxygens (including phenoxy) is 2. The lowest BCUT2D eigenvalue weighted by Crippen LogP contribution is -2.23. The Morgan fingerprint density at radius 1 is 1.31 bits per heavy atom. The number of halogens is 2. The summed E-state index contributed by atoms with van der Waals surface area (Å²) in [7, 11) is 0. The summed E-state index contributed by atoms with van der Waals surface area (Å²) in [4.78, 5) is 18.0. The summed E-state index contributed by atoms with van der Waals surface area (Å²) in [5.74, 6) is 3.86. The molecule has 1 atom stereocenters. The summed E-state index contributed by atoms with van der Waals surface area (Å²) in [5, 5.41) is 5.29. The molecular weight excluding hydrogens is 494 g/mol. The van der Waals surface area contributed by atoms with Crippen molar-refractivity contribution in [2.24, 2.45) is 5.10 Å². The molecule has 2 aromatic carbocycles. The molecule has 0 saturated heterocycles. The van der Waals surface area contributed by atoms with Gasteiger partial charge >= 0.3 is 0 Å². The molecular formula is C24H23BrClN3O3. The molecule has 0 aliphatic heterocycles. The first kappa shape index (κ1) is 23.8. The Bertz CT molecular complexity index is 1260. The molecule has 3 rings (SSSR count). The minimum atomic E-state index is -0.243. The van der Waals surface area contributed by atoms with E-state index in [1.807, 2.05) is 32.9 Å². The summed E-state index contributed by atoms with van der Waals surface area (Å²) in [6.07, 6.45) is 7.65. The molecule has 0 amide bonds. The van der Waals surface area contributed by atoms with Gasteiger partial charge in [0.1, 0.15) is 12.4 Å². The number of fused-ring (bicyclic) bond motifs is 1. The first-order chi connectivity index (χ1) is 15.4. The molecule has 1 aromatic heterocycles. The van der Waals surface area contributed by atoms with E-state index in [9.17, 15) is 4.79 Å². The van der Waals surface area contributed by atoms with Crippen molar-refractivity contribution >= 4 is 44.6 Å². The molecule has 0 saturated carbocycles. The Labute approximate surface area is 200 Å². The van der Waals surface area contributed by atoms with Crippen molar-refractivity contribution < 1.29 is 9.47 Å². The van der Waals surface area contributed by atoms with Crippen molar-refractivity contribution in [2.45, 2.75) is 33.1 Å². The molecule has 0 bridgehead atoms. The van der Waals surface area contributed by atoms with Gasteiger partial charge in [-0.05, 0) is 49.2 Å². The van der Waals surface area contributed by atoms with Crippen LogP contribution >= 0.6 is 27.5 Å². The fraction of sp³-hybridized carbons (Fsp3) is 0.292. The van der Waals surface area contributed by atoms with Gasteiger partial charge in [-0.1, -0.05) is 47.3 Å². The van der Waals surface area contributed by atoms with Gasteiger partial charge in [0.2, 0.25) is 0 Å². The maximum absolute atomic E-state index is 13.3. The second-order valence-electron chi connectivity index (χ2n) is 7.06. The van der Waals surface area contributed by atoms with E-state index in [2.05, 4.69) is 27.0 Å². The Hall–Kier alpha value is -2.82. The lowest BCUT2D eigenvalue weighted by Gasteiger charge is -2.14. The highest BCUT2D eigenvalue weighted by Gasteiger charge is 2.16. The lowest BCUT2D eigenvalue weighted by atomic mass is 10.1. The van der Waals surface area contributed by atoms with Crippen LogP contribution < -0.4 is 15.0 Å². The van der Waals surface area contributed by atoms with Crippen LogP contribution in [0.3, 0.4) is 0 Å². The Morgan fingerprint density at radius 2 is 2.09 bits per heavy atom. The largest absolute Gasteiger partial charge is 0.490 e. The minimum absolute atomic E-state index is 0.0370. The third-order valence-electron chi connectivity index (χ3n) is 4.84. The highest BCUT2D eigenvalue weighted by atomic mass is 79.9. The summed E-state index contributed by atoms with van der Waals surface area (Å²) >= 11 is 9.81. The topological polar surface area (TPSA) is 65.7 Å². The van der Waals surface area contributed by atoms with Gasteiger partial charge < -0.3 is 9.47 Å². The van der Waals surface area contributed by atoms with E-state index in [0.717, 1.165) is 10.9 Å². The van der Waals surface area contributed by atoms with E-state index >= 15 is 0 Å². The minimum Gasteiger partial charge on any atom is -0.490 e. The predicted molar refractivity (Wildman–Crippen MR) is 132 cm³/mol. The molecule has 0 spiro atoms. The standard InChI is InChI=1S/C24H23BrClN3O3/c1-5-10-32-22-19(26)11-16(12-21(22)31-7-3)14-27-29-23(15(4)6-2)28-20-9-8-17(25)13-18(20)24(29)30/h1,8-9,11-15H,6-7,10H2,2-4H3/t15-/m0/s1. The van der Waals surface area contributed by atoms with Crippen LogP contribution in [-0.2, 0) is 0 Å². The van der Waals surface area contributed by atoms with Crippen LogP contribution in [0.15, 0.2) is 44.7 Å². The van der Waals surface area contributed by atoms with Crippen LogP contribution in [0.1, 0.15) is 44.5 Å². The summed E-state index contributed by atoms with van der Waals surface area (Å²) in [6, 6.07) is 8.86. The van der Waals surface area contributed by atoms with Crippen LogP contribution in [0.5, 0.6) is 11.5 Å². The predicted octanol–water partition coefficient (Wildman–Crippen LogP) is 5.62. The highest BCUT2D eigenvalue weighted by molar-refractivity contribution is 9.10.